The van der Waals surface area contributed by atoms with E-state index < -0.39 is 0 Å². The Bertz CT molecular complexity index is 1160. The number of rotatable bonds is 8. The Morgan fingerprint density at radius 1 is 0.625 bits per heavy atom. The van der Waals surface area contributed by atoms with Crippen LogP contribution in [0.2, 0.25) is 0 Å². The van der Waals surface area contributed by atoms with Crippen molar-refractivity contribution >= 4 is 11.9 Å². The number of carbonyl (C=O) groups is 2. The van der Waals surface area contributed by atoms with Gasteiger partial charge in [0.1, 0.15) is 0 Å². The number of ether oxygens (including phenoxy) is 2. The predicted octanol–water partition coefficient (Wildman–Crippen LogP) is 8.38. The molecule has 0 fully saturated rings. The number of aryl methyl sites for hydroxylation is 4. The molecule has 0 aliphatic heterocycles. The number of methoxy groups -OCH3 is 1. The first-order chi connectivity index (χ1) is 24.6. The minimum Gasteiger partial charge on any atom is -1.00 e. The van der Waals surface area contributed by atoms with E-state index in [1.165, 1.54) is 47.8 Å². The molecular formula is C49H93Cl2NO4-2. The molecule has 0 N–H and O–H groups in total. The van der Waals surface area contributed by atoms with E-state index in [9.17, 15) is 9.59 Å². The average Bonchev–Trinajstić information content (AvgIpc) is 3.11. The molecule has 0 spiro atoms. The SMILES string of the molecule is CC.CCC(C)(C)C(=O)OC.CCC(C)(C)C(C)(C)C.CCC(C)c1ccccc1.CCOC(=O)C(C)(C)CC.CN(C)C.Cc1cc(C)c(C)cc1C.[Cl-].[Cl-]. The summed E-state index contributed by atoms with van der Waals surface area (Å²) in [5.41, 5.74) is 7.32. The number of nitrogens with zero attached hydrogens (tertiary/aromatic N) is 1. The van der Waals surface area contributed by atoms with Crippen LogP contribution in [-0.2, 0) is 19.1 Å². The van der Waals surface area contributed by atoms with Gasteiger partial charge < -0.3 is 39.2 Å². The molecule has 2 rings (SSSR count). The smallest absolute Gasteiger partial charge is 0.311 e. The van der Waals surface area contributed by atoms with Gasteiger partial charge >= 0.3 is 11.9 Å². The van der Waals surface area contributed by atoms with Crippen molar-refractivity contribution in [2.24, 2.45) is 21.7 Å². The van der Waals surface area contributed by atoms with Gasteiger partial charge in [0.25, 0.3) is 0 Å². The molecule has 2 aromatic carbocycles. The molecule has 0 saturated heterocycles. The van der Waals surface area contributed by atoms with Crippen molar-refractivity contribution in [3.63, 3.8) is 0 Å². The van der Waals surface area contributed by atoms with Gasteiger partial charge in [-0.3, -0.25) is 9.59 Å². The van der Waals surface area contributed by atoms with E-state index in [2.05, 4.69) is 130 Å². The minimum absolute atomic E-state index is 0. The van der Waals surface area contributed by atoms with E-state index in [4.69, 9.17) is 4.74 Å². The molecule has 1 unspecified atom stereocenters. The molecule has 0 bridgehead atoms. The topological polar surface area (TPSA) is 55.8 Å². The molecule has 0 aliphatic carbocycles. The first-order valence-electron chi connectivity index (χ1n) is 20.5. The Morgan fingerprint density at radius 3 is 1.14 bits per heavy atom. The highest BCUT2D eigenvalue weighted by Gasteiger charge is 2.30. The molecule has 7 heteroatoms. The summed E-state index contributed by atoms with van der Waals surface area (Å²) in [4.78, 5) is 23.9. The van der Waals surface area contributed by atoms with Gasteiger partial charge in [-0.1, -0.05) is 132 Å². The van der Waals surface area contributed by atoms with Gasteiger partial charge in [0.2, 0.25) is 0 Å². The van der Waals surface area contributed by atoms with Crippen LogP contribution in [-0.4, -0.2) is 51.7 Å². The fraction of sp³-hybridized carbons (Fsp3) is 0.714. The van der Waals surface area contributed by atoms with Crippen LogP contribution in [0.15, 0.2) is 42.5 Å². The summed E-state index contributed by atoms with van der Waals surface area (Å²) >= 11 is 0. The minimum atomic E-state index is -0.311. The quantitative estimate of drug-likeness (QED) is 0.251. The summed E-state index contributed by atoms with van der Waals surface area (Å²) in [5, 5.41) is 0. The number of esters is 2. The largest absolute Gasteiger partial charge is 1.00 e. The van der Waals surface area contributed by atoms with E-state index in [1.54, 1.807) is 0 Å². The number of hydrogen-bond acceptors (Lipinski definition) is 5. The van der Waals surface area contributed by atoms with E-state index in [0.717, 1.165) is 12.8 Å². The summed E-state index contributed by atoms with van der Waals surface area (Å²) < 4.78 is 9.43. The fourth-order valence-electron chi connectivity index (χ4n) is 3.54. The lowest BCUT2D eigenvalue weighted by Gasteiger charge is -2.37. The maximum Gasteiger partial charge on any atom is 0.311 e. The Balaban J connectivity index is -0.000000103. The maximum absolute atomic E-state index is 11.1. The fourth-order valence-corrected chi connectivity index (χ4v) is 3.54. The van der Waals surface area contributed by atoms with Crippen LogP contribution in [0, 0.1) is 49.4 Å². The molecule has 334 valence electrons. The summed E-state index contributed by atoms with van der Waals surface area (Å²) in [6.07, 6.45) is 4.13. The molecule has 0 heterocycles. The van der Waals surface area contributed by atoms with Gasteiger partial charge in [-0.15, -0.1) is 0 Å². The van der Waals surface area contributed by atoms with Crippen molar-refractivity contribution < 1.29 is 43.9 Å². The summed E-state index contributed by atoms with van der Waals surface area (Å²) in [6.45, 7) is 44.7. The highest BCUT2D eigenvalue weighted by Crippen LogP contribution is 2.40. The van der Waals surface area contributed by atoms with Crippen LogP contribution in [0.5, 0.6) is 0 Å². The van der Waals surface area contributed by atoms with Crippen LogP contribution in [0.3, 0.4) is 0 Å². The Morgan fingerprint density at radius 2 is 0.946 bits per heavy atom. The van der Waals surface area contributed by atoms with Crippen molar-refractivity contribution in [2.45, 2.75) is 177 Å². The van der Waals surface area contributed by atoms with E-state index >= 15 is 0 Å². The number of carbonyl (C=O) groups excluding carboxylic acids is 2. The summed E-state index contributed by atoms with van der Waals surface area (Å²) in [7, 11) is 7.42. The molecule has 1 atom stereocenters. The lowest BCUT2D eigenvalue weighted by molar-refractivity contribution is -0.153. The Labute approximate surface area is 363 Å². The van der Waals surface area contributed by atoms with Crippen molar-refractivity contribution in [1.82, 2.24) is 4.90 Å². The van der Waals surface area contributed by atoms with E-state index in [0.29, 0.717) is 23.4 Å². The van der Waals surface area contributed by atoms with Crippen LogP contribution >= 0.6 is 0 Å². The third-order valence-electron chi connectivity index (χ3n) is 10.3. The normalized spacial score (nSPS) is 10.9. The van der Waals surface area contributed by atoms with Crippen molar-refractivity contribution in [3.05, 3.63) is 70.3 Å². The standard InChI is InChI=1S/2C10H14.C9H20.C8H16O2.C7H14O2.C3H9N.C2H6.2ClH/c1-7-5-9(3)10(4)6-8(7)2;1-3-9(2)10-7-5-4-6-8-10;1-7-9(5,6)8(2,3)4;1-5-8(3,4)7(9)10-6-2;1-5-7(2,3)6(8)9-4;1-4(2)3;1-2;;/h5-6H,1-4H3;4-9H,3H2,1-2H3;7H2,1-6H3;5-6H2,1-4H3;5H2,1-4H3;1-3H3;1-2H3;2*1H/p-2. The predicted molar refractivity (Wildman–Crippen MR) is 242 cm³/mol. The molecule has 0 radical (unpaired) electrons. The van der Waals surface area contributed by atoms with Gasteiger partial charge in [0, 0.05) is 0 Å². The summed E-state index contributed by atoms with van der Waals surface area (Å²) in [5.74, 6) is 0.476. The Kier molecular flexibility index (Phi) is 44.1. The van der Waals surface area contributed by atoms with Crippen LogP contribution < -0.4 is 24.8 Å². The van der Waals surface area contributed by atoms with Gasteiger partial charge in [-0.05, 0) is 147 Å². The molecule has 56 heavy (non-hydrogen) atoms. The van der Waals surface area contributed by atoms with Crippen molar-refractivity contribution in [1.29, 1.82) is 0 Å². The van der Waals surface area contributed by atoms with Crippen molar-refractivity contribution in [3.8, 4) is 0 Å². The van der Waals surface area contributed by atoms with E-state index in [-0.39, 0.29) is 47.6 Å². The van der Waals surface area contributed by atoms with Gasteiger partial charge in [-0.2, -0.15) is 0 Å². The molecule has 0 aliphatic rings. The molecular weight excluding hydrogens is 737 g/mol. The monoisotopic (exact) mass is 830 g/mol. The van der Waals surface area contributed by atoms with Crippen LogP contribution in [0.4, 0.5) is 0 Å². The maximum atomic E-state index is 11.1. The van der Waals surface area contributed by atoms with Gasteiger partial charge in [-0.25, -0.2) is 0 Å². The average molecular weight is 831 g/mol. The molecule has 5 nitrogen and oxygen atoms in total. The third kappa shape index (κ3) is 34.0. The lowest BCUT2D eigenvalue weighted by atomic mass is 9.68. The van der Waals surface area contributed by atoms with Crippen LogP contribution in [0.25, 0.3) is 0 Å². The second-order valence-corrected chi connectivity index (χ2v) is 17.3. The summed E-state index contributed by atoms with van der Waals surface area (Å²) in [6, 6.07) is 15.1. The number of hydrogen-bond donors (Lipinski definition) is 0. The molecule has 2 aromatic rings. The second kappa shape index (κ2) is 36.0. The van der Waals surface area contributed by atoms with Gasteiger partial charge in [0.05, 0.1) is 24.5 Å². The second-order valence-electron chi connectivity index (χ2n) is 17.3. The highest BCUT2D eigenvalue weighted by molar-refractivity contribution is 5.76. The number of benzene rings is 2. The van der Waals surface area contributed by atoms with Gasteiger partial charge in [0.15, 0.2) is 0 Å². The molecule has 0 aromatic heterocycles. The zero-order valence-corrected chi connectivity index (χ0v) is 43.0. The van der Waals surface area contributed by atoms with E-state index in [1.807, 2.05) is 88.4 Å². The Hall–Kier alpha value is -2.08. The molecule has 0 saturated carbocycles. The first kappa shape index (κ1) is 68.6. The van der Waals surface area contributed by atoms with Crippen LogP contribution in [0.1, 0.15) is 177 Å². The first-order valence-corrected chi connectivity index (χ1v) is 20.5. The lowest BCUT2D eigenvalue weighted by Crippen LogP contribution is -3.00. The third-order valence-corrected chi connectivity index (χ3v) is 10.3. The molecule has 0 amide bonds. The highest BCUT2D eigenvalue weighted by atomic mass is 35.5. The zero-order valence-electron chi connectivity index (χ0n) is 41.5. The van der Waals surface area contributed by atoms with Crippen molar-refractivity contribution in [2.75, 3.05) is 34.9 Å². The number of halogens is 2. The zero-order chi connectivity index (χ0) is 44.1.